The van der Waals surface area contributed by atoms with Gasteiger partial charge in [-0.3, -0.25) is 0 Å². The van der Waals surface area contributed by atoms with Gasteiger partial charge in [-0.1, -0.05) is 12.1 Å². The molecule has 1 aliphatic heterocycles. The molecule has 1 aromatic rings. The van der Waals surface area contributed by atoms with Gasteiger partial charge in [0.25, 0.3) is 0 Å². The molecule has 0 bridgehead atoms. The quantitative estimate of drug-likeness (QED) is 0.826. The molecule has 1 aromatic carbocycles. The maximum atomic E-state index is 12.9. The molecule has 0 amide bonds. The first-order valence-corrected chi connectivity index (χ1v) is 6.92. The maximum Gasteiger partial charge on any atom is 0.123 e. The second-order valence-electron chi connectivity index (χ2n) is 5.58. The standard InChI is InChI=1S/C15H23FN2O/c1-15(11-17,18-10-14-3-2-8-19-14)9-12-4-6-13(16)7-5-12/h4-7,14,18H,2-3,8-11,17H2,1H3. The van der Waals surface area contributed by atoms with Crippen molar-refractivity contribution in [2.45, 2.75) is 37.8 Å². The number of nitrogens with one attached hydrogen (secondary N) is 1. The molecule has 19 heavy (non-hydrogen) atoms. The molecule has 2 rings (SSSR count). The summed E-state index contributed by atoms with van der Waals surface area (Å²) in [6.45, 7) is 4.33. The lowest BCUT2D eigenvalue weighted by atomic mass is 9.92. The van der Waals surface area contributed by atoms with Crippen LogP contribution in [0.25, 0.3) is 0 Å². The van der Waals surface area contributed by atoms with Gasteiger partial charge in [0.1, 0.15) is 5.82 Å². The van der Waals surface area contributed by atoms with Crippen LogP contribution < -0.4 is 11.1 Å². The summed E-state index contributed by atoms with van der Waals surface area (Å²) in [5.74, 6) is -0.203. The van der Waals surface area contributed by atoms with E-state index in [-0.39, 0.29) is 11.4 Å². The molecule has 2 atom stereocenters. The molecule has 3 N–H and O–H groups in total. The van der Waals surface area contributed by atoms with Crippen molar-refractivity contribution in [2.75, 3.05) is 19.7 Å². The third-order valence-electron chi connectivity index (χ3n) is 3.74. The molecule has 0 aliphatic carbocycles. The van der Waals surface area contributed by atoms with Crippen molar-refractivity contribution in [3.05, 3.63) is 35.6 Å². The topological polar surface area (TPSA) is 47.3 Å². The van der Waals surface area contributed by atoms with E-state index >= 15 is 0 Å². The van der Waals surface area contributed by atoms with Gasteiger partial charge < -0.3 is 15.8 Å². The Hall–Kier alpha value is -0.970. The van der Waals surface area contributed by atoms with Crippen LogP contribution >= 0.6 is 0 Å². The molecule has 2 unspecified atom stereocenters. The molecule has 106 valence electrons. The van der Waals surface area contributed by atoms with E-state index < -0.39 is 0 Å². The van der Waals surface area contributed by atoms with Crippen LogP contribution in [0.5, 0.6) is 0 Å². The Bertz CT molecular complexity index is 390. The first kappa shape index (κ1) is 14.4. The van der Waals surface area contributed by atoms with Gasteiger partial charge in [0.2, 0.25) is 0 Å². The van der Waals surface area contributed by atoms with Crippen LogP contribution in [0.1, 0.15) is 25.3 Å². The van der Waals surface area contributed by atoms with Crippen LogP contribution in [0.4, 0.5) is 4.39 Å². The zero-order chi connectivity index (χ0) is 13.7. The molecule has 4 heteroatoms. The van der Waals surface area contributed by atoms with Gasteiger partial charge >= 0.3 is 0 Å². The zero-order valence-corrected chi connectivity index (χ0v) is 11.5. The smallest absolute Gasteiger partial charge is 0.123 e. The van der Waals surface area contributed by atoms with Crippen molar-refractivity contribution in [3.63, 3.8) is 0 Å². The van der Waals surface area contributed by atoms with E-state index in [1.165, 1.54) is 12.1 Å². The number of nitrogens with two attached hydrogens (primary N) is 1. The van der Waals surface area contributed by atoms with Crippen molar-refractivity contribution in [3.8, 4) is 0 Å². The molecule has 3 nitrogen and oxygen atoms in total. The number of ether oxygens (including phenoxy) is 1. The summed E-state index contributed by atoms with van der Waals surface area (Å²) < 4.78 is 18.5. The van der Waals surface area contributed by atoms with Crippen LogP contribution in [0, 0.1) is 5.82 Å². The molecular weight excluding hydrogens is 243 g/mol. The number of rotatable bonds is 6. The molecule has 1 heterocycles. The molecule has 0 aromatic heterocycles. The van der Waals surface area contributed by atoms with Crippen LogP contribution in [0.2, 0.25) is 0 Å². The van der Waals surface area contributed by atoms with Gasteiger partial charge in [-0.2, -0.15) is 0 Å². The first-order chi connectivity index (χ1) is 9.11. The predicted octanol–water partition coefficient (Wildman–Crippen LogP) is 1.85. The maximum absolute atomic E-state index is 12.9. The molecule has 1 aliphatic rings. The minimum atomic E-state index is -0.203. The van der Waals surface area contributed by atoms with Crippen LogP contribution in [0.3, 0.4) is 0 Å². The van der Waals surface area contributed by atoms with Crippen molar-refractivity contribution < 1.29 is 9.13 Å². The van der Waals surface area contributed by atoms with Gasteiger partial charge in [-0.15, -0.1) is 0 Å². The monoisotopic (exact) mass is 266 g/mol. The van der Waals surface area contributed by atoms with Gasteiger partial charge in [-0.05, 0) is 43.9 Å². The Morgan fingerprint density at radius 1 is 1.42 bits per heavy atom. The Morgan fingerprint density at radius 2 is 2.16 bits per heavy atom. The fourth-order valence-corrected chi connectivity index (χ4v) is 2.43. The lowest BCUT2D eigenvalue weighted by molar-refractivity contribution is 0.102. The van der Waals surface area contributed by atoms with Gasteiger partial charge in [0.15, 0.2) is 0 Å². The molecule has 1 saturated heterocycles. The first-order valence-electron chi connectivity index (χ1n) is 6.92. The van der Waals surface area contributed by atoms with Crippen LogP contribution in [-0.4, -0.2) is 31.3 Å². The van der Waals surface area contributed by atoms with Crippen LogP contribution in [0.15, 0.2) is 24.3 Å². The highest BCUT2D eigenvalue weighted by Gasteiger charge is 2.25. The van der Waals surface area contributed by atoms with Crippen molar-refractivity contribution >= 4 is 0 Å². The predicted molar refractivity (Wildman–Crippen MR) is 74.5 cm³/mol. The van der Waals surface area contributed by atoms with Crippen LogP contribution in [-0.2, 0) is 11.2 Å². The SMILES string of the molecule is CC(CN)(Cc1ccc(F)cc1)NCC1CCCO1. The average Bonchev–Trinajstić information content (AvgIpc) is 2.93. The molecule has 0 radical (unpaired) electrons. The summed E-state index contributed by atoms with van der Waals surface area (Å²) in [5.41, 5.74) is 6.81. The summed E-state index contributed by atoms with van der Waals surface area (Å²) in [6, 6.07) is 6.62. The highest BCUT2D eigenvalue weighted by molar-refractivity contribution is 5.19. The second kappa shape index (κ2) is 6.46. The number of hydrogen-bond acceptors (Lipinski definition) is 3. The zero-order valence-electron chi connectivity index (χ0n) is 11.5. The minimum absolute atomic E-state index is 0.177. The molecule has 0 spiro atoms. The third-order valence-corrected chi connectivity index (χ3v) is 3.74. The van der Waals surface area contributed by atoms with E-state index in [2.05, 4.69) is 12.2 Å². The molecular formula is C15H23FN2O. The fourth-order valence-electron chi connectivity index (χ4n) is 2.43. The van der Waals surface area contributed by atoms with Gasteiger partial charge in [0.05, 0.1) is 6.10 Å². The summed E-state index contributed by atoms with van der Waals surface area (Å²) in [6.07, 6.45) is 3.35. The summed E-state index contributed by atoms with van der Waals surface area (Å²) in [4.78, 5) is 0. The normalized spacial score (nSPS) is 22.4. The number of hydrogen-bond donors (Lipinski definition) is 2. The largest absolute Gasteiger partial charge is 0.377 e. The molecule has 0 saturated carbocycles. The Kier molecular flexibility index (Phi) is 4.91. The second-order valence-corrected chi connectivity index (χ2v) is 5.58. The average molecular weight is 266 g/mol. The van der Waals surface area contributed by atoms with E-state index in [1.54, 1.807) is 0 Å². The summed E-state index contributed by atoms with van der Waals surface area (Å²) >= 11 is 0. The highest BCUT2D eigenvalue weighted by Crippen LogP contribution is 2.16. The lowest BCUT2D eigenvalue weighted by Gasteiger charge is -2.31. The summed E-state index contributed by atoms with van der Waals surface area (Å²) in [5, 5.41) is 3.51. The van der Waals surface area contributed by atoms with Crippen molar-refractivity contribution in [2.24, 2.45) is 5.73 Å². The third kappa shape index (κ3) is 4.27. The van der Waals surface area contributed by atoms with Crippen molar-refractivity contribution in [1.29, 1.82) is 0 Å². The van der Waals surface area contributed by atoms with E-state index in [9.17, 15) is 4.39 Å². The Balaban J connectivity index is 1.90. The lowest BCUT2D eigenvalue weighted by Crippen LogP contribution is -2.52. The van der Waals surface area contributed by atoms with Gasteiger partial charge in [-0.25, -0.2) is 4.39 Å². The Labute approximate surface area is 114 Å². The molecule has 1 fully saturated rings. The highest BCUT2D eigenvalue weighted by atomic mass is 19.1. The number of halogens is 1. The van der Waals surface area contributed by atoms with E-state index in [0.717, 1.165) is 38.0 Å². The fraction of sp³-hybridized carbons (Fsp3) is 0.600. The number of benzene rings is 1. The Morgan fingerprint density at radius 3 is 2.74 bits per heavy atom. The van der Waals surface area contributed by atoms with Crippen molar-refractivity contribution in [1.82, 2.24) is 5.32 Å². The van der Waals surface area contributed by atoms with Gasteiger partial charge in [0, 0.05) is 25.2 Å². The van der Waals surface area contributed by atoms with E-state index in [0.29, 0.717) is 12.6 Å². The minimum Gasteiger partial charge on any atom is -0.377 e. The van der Waals surface area contributed by atoms with E-state index in [4.69, 9.17) is 10.5 Å². The van der Waals surface area contributed by atoms with E-state index in [1.807, 2.05) is 12.1 Å². The summed E-state index contributed by atoms with van der Waals surface area (Å²) in [7, 11) is 0.